The van der Waals surface area contributed by atoms with Crippen LogP contribution in [0.25, 0.3) is 0 Å². The van der Waals surface area contributed by atoms with Crippen molar-refractivity contribution in [2.75, 3.05) is 0 Å². The molecule has 0 radical (unpaired) electrons. The van der Waals surface area contributed by atoms with Crippen LogP contribution in [0.1, 0.15) is 56.2 Å². The molecule has 0 saturated carbocycles. The maximum absolute atomic E-state index is 13.1. The highest BCUT2D eigenvalue weighted by atomic mass is 35.5. The van der Waals surface area contributed by atoms with Gasteiger partial charge in [0.15, 0.2) is 0 Å². The summed E-state index contributed by atoms with van der Waals surface area (Å²) in [7, 11) is 0. The molecule has 1 aromatic heterocycles. The summed E-state index contributed by atoms with van der Waals surface area (Å²) in [6.07, 6.45) is 2.02. The largest absolute Gasteiger partial charge is 0.453 e. The smallest absolute Gasteiger partial charge is 0.379 e. The Balaban J connectivity index is 1.56. The van der Waals surface area contributed by atoms with Crippen LogP contribution < -0.4 is 10.2 Å². The summed E-state index contributed by atoms with van der Waals surface area (Å²) in [5.41, 5.74) is 5.50. The fraction of sp³-hybridized carbons (Fsp3) is 0.208. The number of halogens is 2. The molecule has 0 atom stereocenters. The maximum Gasteiger partial charge on any atom is 0.379 e. The number of benzene rings is 2. The van der Waals surface area contributed by atoms with Crippen LogP contribution in [-0.4, -0.2) is 17.6 Å². The van der Waals surface area contributed by atoms with Crippen LogP contribution in [0.4, 0.5) is 4.39 Å². The number of hydrogen-bond donors (Lipinski definition) is 1. The Morgan fingerprint density at radius 3 is 2.59 bits per heavy atom. The Morgan fingerprint density at radius 2 is 1.88 bits per heavy atom. The summed E-state index contributed by atoms with van der Waals surface area (Å²) < 4.78 is 24.4. The van der Waals surface area contributed by atoms with Gasteiger partial charge in [-0.3, -0.25) is 4.79 Å². The number of hydrogen-bond acceptors (Lipinski definition) is 5. The number of nitrogens with zero attached hydrogens (tertiary/aromatic N) is 1. The highest BCUT2D eigenvalue weighted by Crippen LogP contribution is 2.31. The number of rotatable bonds is 4. The van der Waals surface area contributed by atoms with E-state index in [-0.39, 0.29) is 5.76 Å². The molecule has 1 aliphatic carbocycles. The van der Waals surface area contributed by atoms with Crippen LogP contribution in [0.5, 0.6) is 5.75 Å². The molecule has 164 valence electrons. The van der Waals surface area contributed by atoms with Gasteiger partial charge >= 0.3 is 5.97 Å². The van der Waals surface area contributed by atoms with Crippen molar-refractivity contribution >= 4 is 29.2 Å². The molecule has 8 heteroatoms. The van der Waals surface area contributed by atoms with Gasteiger partial charge in [-0.2, -0.15) is 5.10 Å². The van der Waals surface area contributed by atoms with Gasteiger partial charge in [-0.25, -0.2) is 14.6 Å². The first-order chi connectivity index (χ1) is 15.3. The lowest BCUT2D eigenvalue weighted by molar-refractivity contribution is 0.0698. The third-order valence-electron chi connectivity index (χ3n) is 5.25. The molecule has 0 aliphatic heterocycles. The summed E-state index contributed by atoms with van der Waals surface area (Å²) in [6.45, 7) is 3.58. The Hall–Kier alpha value is -3.45. The van der Waals surface area contributed by atoms with Crippen molar-refractivity contribution in [2.45, 2.75) is 33.1 Å². The van der Waals surface area contributed by atoms with Crippen molar-refractivity contribution in [1.29, 1.82) is 0 Å². The number of hydrazone groups is 1. The normalized spacial score (nSPS) is 14.2. The number of ether oxygens (including phenoxy) is 1. The zero-order chi connectivity index (χ0) is 22.8. The van der Waals surface area contributed by atoms with Gasteiger partial charge in [0.2, 0.25) is 5.76 Å². The minimum absolute atomic E-state index is 0.0991. The lowest BCUT2D eigenvalue weighted by Crippen LogP contribution is -2.22. The third-order valence-corrected chi connectivity index (χ3v) is 5.67. The van der Waals surface area contributed by atoms with Crippen LogP contribution in [-0.2, 0) is 6.42 Å². The van der Waals surface area contributed by atoms with E-state index in [1.807, 2.05) is 6.92 Å². The molecule has 0 unspecified atom stereocenters. The molecule has 1 aliphatic rings. The number of amides is 1. The highest BCUT2D eigenvalue weighted by Gasteiger charge is 2.29. The second-order valence-electron chi connectivity index (χ2n) is 7.51. The van der Waals surface area contributed by atoms with E-state index in [4.69, 9.17) is 20.8 Å². The average molecular weight is 455 g/mol. The quantitative estimate of drug-likeness (QED) is 0.326. The van der Waals surface area contributed by atoms with Crippen molar-refractivity contribution in [3.8, 4) is 5.75 Å². The molecule has 0 fully saturated rings. The van der Waals surface area contributed by atoms with Gasteiger partial charge in [-0.15, -0.1) is 0 Å². The number of carbonyl (C=O) groups is 2. The Bertz CT molecular complexity index is 1230. The fourth-order valence-electron chi connectivity index (χ4n) is 3.59. The summed E-state index contributed by atoms with van der Waals surface area (Å²) in [4.78, 5) is 25.1. The Labute approximate surface area is 189 Å². The van der Waals surface area contributed by atoms with E-state index in [9.17, 15) is 14.0 Å². The lowest BCUT2D eigenvalue weighted by atomic mass is 9.93. The summed E-state index contributed by atoms with van der Waals surface area (Å²) in [5.74, 6) is -0.403. The van der Waals surface area contributed by atoms with Crippen LogP contribution in [0.3, 0.4) is 0 Å². The summed E-state index contributed by atoms with van der Waals surface area (Å²) in [5, 5.41) is 4.84. The molecule has 1 amide bonds. The number of aryl methyl sites for hydroxylation is 2. The second kappa shape index (κ2) is 8.96. The molecule has 2 aromatic carbocycles. The predicted octanol–water partition coefficient (Wildman–Crippen LogP) is 5.38. The first-order valence-electron chi connectivity index (χ1n) is 10.1. The summed E-state index contributed by atoms with van der Waals surface area (Å²) in [6, 6.07) is 10.1. The Kier molecular flexibility index (Phi) is 6.10. The molecule has 0 saturated heterocycles. The topological polar surface area (TPSA) is 80.9 Å². The first kappa shape index (κ1) is 21.8. The molecular weight excluding hydrogens is 435 g/mol. The number of furan rings is 1. The molecule has 3 aromatic rings. The number of fused-ring (bicyclic) bond motifs is 1. The standard InChI is InChI=1S/C24H20ClFN2O4/c1-13-12-17(10-11-18(13)25)31-24(30)22-14(2)21-19(4-3-5-20(21)32-22)27-28-23(29)15-6-8-16(26)9-7-15/h6-12H,3-5H2,1-2H3,(H,28,29)/b27-19+. The lowest BCUT2D eigenvalue weighted by Gasteiger charge is -2.13. The van der Waals surface area contributed by atoms with Crippen molar-refractivity contribution in [3.05, 3.63) is 87.1 Å². The molecule has 0 spiro atoms. The number of carbonyl (C=O) groups excluding carboxylic acids is 2. The maximum atomic E-state index is 13.1. The van der Waals surface area contributed by atoms with Gasteiger partial charge in [0.1, 0.15) is 17.3 Å². The van der Waals surface area contributed by atoms with Crippen molar-refractivity contribution in [3.63, 3.8) is 0 Å². The van der Waals surface area contributed by atoms with Crippen molar-refractivity contribution in [2.24, 2.45) is 5.10 Å². The van der Waals surface area contributed by atoms with Crippen molar-refractivity contribution < 1.29 is 23.1 Å². The van der Waals surface area contributed by atoms with Crippen LogP contribution >= 0.6 is 11.6 Å². The monoisotopic (exact) mass is 454 g/mol. The fourth-order valence-corrected chi connectivity index (χ4v) is 3.71. The van der Waals surface area contributed by atoms with Crippen LogP contribution in [0.15, 0.2) is 52.0 Å². The number of esters is 1. The minimum Gasteiger partial charge on any atom is -0.453 e. The number of nitrogens with one attached hydrogen (secondary N) is 1. The molecule has 32 heavy (non-hydrogen) atoms. The SMILES string of the molecule is Cc1cc(OC(=O)c2oc3c(c2C)/C(=N/NC(=O)c2ccc(F)cc2)CCC3)ccc1Cl. The third kappa shape index (κ3) is 4.43. The van der Waals surface area contributed by atoms with Crippen molar-refractivity contribution in [1.82, 2.24) is 5.43 Å². The van der Waals surface area contributed by atoms with Crippen LogP contribution in [0, 0.1) is 19.7 Å². The van der Waals surface area contributed by atoms with E-state index in [1.54, 1.807) is 25.1 Å². The van der Waals surface area contributed by atoms with E-state index in [0.717, 1.165) is 12.0 Å². The minimum atomic E-state index is -0.617. The van der Waals surface area contributed by atoms with Crippen LogP contribution in [0.2, 0.25) is 5.02 Å². The van der Waals surface area contributed by atoms with Gasteiger partial charge in [0, 0.05) is 28.1 Å². The average Bonchev–Trinajstić information content (AvgIpc) is 3.12. The van der Waals surface area contributed by atoms with Gasteiger partial charge in [-0.05, 0) is 74.7 Å². The molecule has 1 N–H and O–H groups in total. The van der Waals surface area contributed by atoms with Gasteiger partial charge in [-0.1, -0.05) is 11.6 Å². The highest BCUT2D eigenvalue weighted by molar-refractivity contribution is 6.31. The summed E-state index contributed by atoms with van der Waals surface area (Å²) >= 11 is 6.02. The van der Waals surface area contributed by atoms with E-state index >= 15 is 0 Å². The second-order valence-corrected chi connectivity index (χ2v) is 7.92. The zero-order valence-corrected chi connectivity index (χ0v) is 18.3. The molecule has 4 rings (SSSR count). The zero-order valence-electron chi connectivity index (χ0n) is 17.5. The van der Waals surface area contributed by atoms with Gasteiger partial charge < -0.3 is 9.15 Å². The van der Waals surface area contributed by atoms with E-state index in [1.165, 1.54) is 24.3 Å². The van der Waals surface area contributed by atoms with E-state index < -0.39 is 17.7 Å². The van der Waals surface area contributed by atoms with Gasteiger partial charge in [0.25, 0.3) is 5.91 Å². The molecule has 0 bridgehead atoms. The van der Waals surface area contributed by atoms with Gasteiger partial charge in [0.05, 0.1) is 5.71 Å². The molecular formula is C24H20ClFN2O4. The molecule has 1 heterocycles. The Morgan fingerprint density at radius 1 is 1.12 bits per heavy atom. The van der Waals surface area contributed by atoms with E-state index in [2.05, 4.69) is 10.5 Å². The predicted molar refractivity (Wildman–Crippen MR) is 118 cm³/mol. The first-order valence-corrected chi connectivity index (χ1v) is 10.4. The molecule has 6 nitrogen and oxygen atoms in total. The van der Waals surface area contributed by atoms with E-state index in [0.29, 0.717) is 51.8 Å².